The standard InChI is InChI=1S/C16H16ClN3O/c17-13-5-3-6-14(18)15(13)16(21)20(12-7-8-12)10-11-4-1-2-9-19-11/h1-6,9,12H,7-8,10,18H2. The molecule has 2 aromatic rings. The molecule has 1 heterocycles. The van der Waals surface area contributed by atoms with Gasteiger partial charge in [0.05, 0.1) is 22.8 Å². The summed E-state index contributed by atoms with van der Waals surface area (Å²) in [5, 5.41) is 0.395. The van der Waals surface area contributed by atoms with Gasteiger partial charge in [0.15, 0.2) is 0 Å². The van der Waals surface area contributed by atoms with Gasteiger partial charge in [-0.05, 0) is 37.1 Å². The molecule has 2 N–H and O–H groups in total. The minimum absolute atomic E-state index is 0.119. The molecule has 1 aliphatic carbocycles. The number of aromatic nitrogens is 1. The summed E-state index contributed by atoms with van der Waals surface area (Å²) < 4.78 is 0. The molecular weight excluding hydrogens is 286 g/mol. The van der Waals surface area contributed by atoms with Crippen molar-refractivity contribution in [3.63, 3.8) is 0 Å². The van der Waals surface area contributed by atoms with Crippen molar-refractivity contribution in [1.29, 1.82) is 0 Å². The summed E-state index contributed by atoms with van der Waals surface area (Å²) in [6.45, 7) is 0.481. The SMILES string of the molecule is Nc1cccc(Cl)c1C(=O)N(Cc1ccccn1)C1CC1. The maximum absolute atomic E-state index is 12.8. The van der Waals surface area contributed by atoms with Gasteiger partial charge in [0.1, 0.15) is 0 Å². The highest BCUT2D eigenvalue weighted by atomic mass is 35.5. The summed E-state index contributed by atoms with van der Waals surface area (Å²) >= 11 is 6.15. The fourth-order valence-corrected chi connectivity index (χ4v) is 2.59. The summed E-state index contributed by atoms with van der Waals surface area (Å²) in [5.74, 6) is -0.119. The van der Waals surface area contributed by atoms with Gasteiger partial charge in [-0.15, -0.1) is 0 Å². The Balaban J connectivity index is 1.89. The van der Waals surface area contributed by atoms with E-state index in [1.807, 2.05) is 23.1 Å². The van der Waals surface area contributed by atoms with Crippen LogP contribution in [0.3, 0.4) is 0 Å². The van der Waals surface area contributed by atoms with E-state index in [1.165, 1.54) is 0 Å². The summed E-state index contributed by atoms with van der Waals surface area (Å²) in [6.07, 6.45) is 3.76. The van der Waals surface area contributed by atoms with Crippen molar-refractivity contribution in [3.8, 4) is 0 Å². The molecule has 0 bridgehead atoms. The second-order valence-electron chi connectivity index (χ2n) is 5.19. The minimum atomic E-state index is -0.119. The van der Waals surface area contributed by atoms with Crippen LogP contribution in [0, 0.1) is 0 Å². The lowest BCUT2D eigenvalue weighted by Gasteiger charge is -2.23. The molecule has 3 rings (SSSR count). The van der Waals surface area contributed by atoms with Crippen LogP contribution in [0.5, 0.6) is 0 Å². The first-order valence-corrected chi connectivity index (χ1v) is 7.29. The fraction of sp³-hybridized carbons (Fsp3) is 0.250. The van der Waals surface area contributed by atoms with Crippen LogP contribution in [0.2, 0.25) is 5.02 Å². The number of benzene rings is 1. The summed E-state index contributed by atoms with van der Waals surface area (Å²) in [5.41, 5.74) is 7.60. The van der Waals surface area contributed by atoms with Crippen LogP contribution in [0.4, 0.5) is 5.69 Å². The Morgan fingerprint density at radius 3 is 2.71 bits per heavy atom. The van der Waals surface area contributed by atoms with Crippen LogP contribution in [0.15, 0.2) is 42.6 Å². The molecule has 108 valence electrons. The molecule has 1 amide bonds. The first-order valence-electron chi connectivity index (χ1n) is 6.91. The van der Waals surface area contributed by atoms with Crippen molar-refractivity contribution in [2.75, 3.05) is 5.73 Å². The van der Waals surface area contributed by atoms with Crippen LogP contribution < -0.4 is 5.73 Å². The molecule has 0 spiro atoms. The number of anilines is 1. The minimum Gasteiger partial charge on any atom is -0.398 e. The average Bonchev–Trinajstić information content (AvgIpc) is 3.30. The number of carbonyl (C=O) groups excluding carboxylic acids is 1. The summed E-state index contributed by atoms with van der Waals surface area (Å²) in [7, 11) is 0. The second kappa shape index (κ2) is 5.74. The Morgan fingerprint density at radius 1 is 1.29 bits per heavy atom. The monoisotopic (exact) mass is 301 g/mol. The molecule has 0 aliphatic heterocycles. The van der Waals surface area contributed by atoms with Gasteiger partial charge >= 0.3 is 0 Å². The van der Waals surface area contributed by atoms with E-state index < -0.39 is 0 Å². The van der Waals surface area contributed by atoms with E-state index in [9.17, 15) is 4.79 Å². The Bertz CT molecular complexity index is 636. The molecule has 1 saturated carbocycles. The van der Waals surface area contributed by atoms with Crippen molar-refractivity contribution < 1.29 is 4.79 Å². The fourth-order valence-electron chi connectivity index (χ4n) is 2.33. The lowest BCUT2D eigenvalue weighted by atomic mass is 10.1. The molecule has 0 unspecified atom stereocenters. The Morgan fingerprint density at radius 2 is 2.10 bits per heavy atom. The van der Waals surface area contributed by atoms with Gasteiger partial charge in [-0.2, -0.15) is 0 Å². The number of hydrogen-bond donors (Lipinski definition) is 1. The average molecular weight is 302 g/mol. The largest absolute Gasteiger partial charge is 0.398 e. The van der Waals surface area contributed by atoms with Crippen LogP contribution in [-0.2, 0) is 6.54 Å². The van der Waals surface area contributed by atoms with Crippen LogP contribution >= 0.6 is 11.6 Å². The molecule has 1 aromatic heterocycles. The number of rotatable bonds is 4. The van der Waals surface area contributed by atoms with E-state index in [0.29, 0.717) is 22.8 Å². The summed E-state index contributed by atoms with van der Waals surface area (Å²) in [6, 6.07) is 11.1. The van der Waals surface area contributed by atoms with Gasteiger partial charge in [0.25, 0.3) is 5.91 Å². The molecule has 0 atom stereocenters. The quantitative estimate of drug-likeness (QED) is 0.883. The van der Waals surface area contributed by atoms with Gasteiger partial charge < -0.3 is 10.6 Å². The first kappa shape index (κ1) is 13.9. The Hall–Kier alpha value is -2.07. The van der Waals surface area contributed by atoms with Gasteiger partial charge in [0.2, 0.25) is 0 Å². The molecule has 1 aliphatic rings. The Labute approximate surface area is 128 Å². The number of nitrogens with two attached hydrogens (primary N) is 1. The maximum Gasteiger partial charge on any atom is 0.258 e. The van der Waals surface area contributed by atoms with Gasteiger partial charge in [-0.25, -0.2) is 0 Å². The van der Waals surface area contributed by atoms with Crippen molar-refractivity contribution in [2.24, 2.45) is 0 Å². The van der Waals surface area contributed by atoms with Crippen molar-refractivity contribution in [1.82, 2.24) is 9.88 Å². The highest BCUT2D eigenvalue weighted by molar-refractivity contribution is 6.34. The van der Waals surface area contributed by atoms with Crippen LogP contribution in [-0.4, -0.2) is 21.8 Å². The van der Waals surface area contributed by atoms with Gasteiger partial charge in [0, 0.05) is 17.9 Å². The Kier molecular flexibility index (Phi) is 3.80. The number of pyridine rings is 1. The molecule has 0 radical (unpaired) electrons. The van der Waals surface area contributed by atoms with Crippen LogP contribution in [0.1, 0.15) is 28.9 Å². The molecule has 0 saturated heterocycles. The zero-order valence-electron chi connectivity index (χ0n) is 11.5. The molecule has 21 heavy (non-hydrogen) atoms. The predicted molar refractivity (Wildman–Crippen MR) is 83.0 cm³/mol. The van der Waals surface area contributed by atoms with Gasteiger partial charge in [-0.1, -0.05) is 23.7 Å². The third-order valence-electron chi connectivity index (χ3n) is 3.57. The maximum atomic E-state index is 12.8. The van der Waals surface area contributed by atoms with Crippen molar-refractivity contribution >= 4 is 23.2 Å². The lowest BCUT2D eigenvalue weighted by molar-refractivity contribution is 0.0729. The number of nitrogens with zero attached hydrogens (tertiary/aromatic N) is 2. The topological polar surface area (TPSA) is 59.2 Å². The molecule has 1 aromatic carbocycles. The molecule has 1 fully saturated rings. The van der Waals surface area contributed by atoms with E-state index in [-0.39, 0.29) is 11.9 Å². The zero-order chi connectivity index (χ0) is 14.8. The number of carbonyl (C=O) groups is 1. The van der Waals surface area contributed by atoms with Gasteiger partial charge in [-0.3, -0.25) is 9.78 Å². The third-order valence-corrected chi connectivity index (χ3v) is 3.88. The van der Waals surface area contributed by atoms with E-state index in [2.05, 4.69) is 4.98 Å². The molecular formula is C16H16ClN3O. The number of amides is 1. The van der Waals surface area contributed by atoms with E-state index in [0.717, 1.165) is 18.5 Å². The summed E-state index contributed by atoms with van der Waals surface area (Å²) in [4.78, 5) is 18.9. The van der Waals surface area contributed by atoms with E-state index in [1.54, 1.807) is 24.4 Å². The lowest BCUT2D eigenvalue weighted by Crippen LogP contribution is -2.33. The highest BCUT2D eigenvalue weighted by Gasteiger charge is 2.34. The third kappa shape index (κ3) is 3.00. The number of halogens is 1. The van der Waals surface area contributed by atoms with Crippen molar-refractivity contribution in [3.05, 3.63) is 58.9 Å². The normalized spacial score (nSPS) is 14.0. The van der Waals surface area contributed by atoms with E-state index in [4.69, 9.17) is 17.3 Å². The van der Waals surface area contributed by atoms with E-state index >= 15 is 0 Å². The highest BCUT2D eigenvalue weighted by Crippen LogP contribution is 2.32. The number of hydrogen-bond acceptors (Lipinski definition) is 3. The molecule has 4 nitrogen and oxygen atoms in total. The second-order valence-corrected chi connectivity index (χ2v) is 5.60. The van der Waals surface area contributed by atoms with Crippen molar-refractivity contribution in [2.45, 2.75) is 25.4 Å². The molecule has 5 heteroatoms. The van der Waals surface area contributed by atoms with Crippen LogP contribution in [0.25, 0.3) is 0 Å². The predicted octanol–water partition coefficient (Wildman–Crippen LogP) is 3.12. The number of nitrogen functional groups attached to an aromatic ring is 1. The first-order chi connectivity index (χ1) is 10.2. The smallest absolute Gasteiger partial charge is 0.258 e. The zero-order valence-corrected chi connectivity index (χ0v) is 12.3.